The molecule has 2 rings (SSSR count). The lowest BCUT2D eigenvalue weighted by molar-refractivity contribution is -0.132. The monoisotopic (exact) mass is 320 g/mol. The molecule has 23 heavy (non-hydrogen) atoms. The van der Waals surface area contributed by atoms with Gasteiger partial charge in [0.1, 0.15) is 0 Å². The van der Waals surface area contributed by atoms with Crippen LogP contribution in [0.2, 0.25) is 0 Å². The van der Waals surface area contributed by atoms with Gasteiger partial charge in [-0.05, 0) is 42.6 Å². The third-order valence-corrected chi connectivity index (χ3v) is 4.19. The van der Waals surface area contributed by atoms with Gasteiger partial charge >= 0.3 is 0 Å². The average Bonchev–Trinajstić information content (AvgIpc) is 2.56. The zero-order valence-electron chi connectivity index (χ0n) is 14.6. The molecule has 0 aromatic heterocycles. The van der Waals surface area contributed by atoms with Gasteiger partial charge in [0.15, 0.2) is 11.5 Å². The molecule has 1 aromatic rings. The number of hydrogen-bond acceptors (Lipinski definition) is 4. The van der Waals surface area contributed by atoms with Crippen LogP contribution in [0.3, 0.4) is 0 Å². The van der Waals surface area contributed by atoms with Gasteiger partial charge in [0.25, 0.3) is 0 Å². The van der Waals surface area contributed by atoms with Crippen molar-refractivity contribution in [3.8, 4) is 11.5 Å². The molecule has 0 atom stereocenters. The van der Waals surface area contributed by atoms with Crippen LogP contribution >= 0.6 is 0 Å². The molecule has 1 aliphatic heterocycles. The third-order valence-electron chi connectivity index (χ3n) is 4.19. The fourth-order valence-corrected chi connectivity index (χ4v) is 2.88. The quantitative estimate of drug-likeness (QED) is 0.784. The van der Waals surface area contributed by atoms with Crippen molar-refractivity contribution in [2.45, 2.75) is 45.7 Å². The lowest BCUT2D eigenvalue weighted by atomic mass is 9.98. The summed E-state index contributed by atoms with van der Waals surface area (Å²) in [5.41, 5.74) is 2.40. The maximum Gasteiger partial charge on any atom is 0.222 e. The Morgan fingerprint density at radius 1 is 1.22 bits per heavy atom. The fraction of sp³-hybridized carbons (Fsp3) is 0.611. The molecule has 1 amide bonds. The fourth-order valence-electron chi connectivity index (χ4n) is 2.88. The lowest BCUT2D eigenvalue weighted by Gasteiger charge is -2.29. The van der Waals surface area contributed by atoms with Crippen LogP contribution in [0, 0.1) is 0 Å². The standard InChI is InChI=1S/C18H28N2O3/c1-13(2)19-8-5-6-18(21)20-9-7-14-10-16(22-3)17(23-4)11-15(14)12-20/h10-11,13,19H,5-9,12H2,1-4H3. The van der Waals surface area contributed by atoms with Gasteiger partial charge in [-0.2, -0.15) is 0 Å². The summed E-state index contributed by atoms with van der Waals surface area (Å²) >= 11 is 0. The maximum absolute atomic E-state index is 12.4. The number of amides is 1. The van der Waals surface area contributed by atoms with Gasteiger partial charge in [-0.15, -0.1) is 0 Å². The largest absolute Gasteiger partial charge is 0.493 e. The highest BCUT2D eigenvalue weighted by Gasteiger charge is 2.22. The molecule has 128 valence electrons. The molecular weight excluding hydrogens is 292 g/mol. The van der Waals surface area contributed by atoms with Crippen molar-refractivity contribution in [2.75, 3.05) is 27.3 Å². The number of carbonyl (C=O) groups excluding carboxylic acids is 1. The highest BCUT2D eigenvalue weighted by Crippen LogP contribution is 2.33. The number of fused-ring (bicyclic) bond motifs is 1. The molecule has 0 bridgehead atoms. The number of methoxy groups -OCH3 is 2. The Bertz CT molecular complexity index is 543. The van der Waals surface area contributed by atoms with E-state index in [1.807, 2.05) is 17.0 Å². The van der Waals surface area contributed by atoms with Gasteiger partial charge in [-0.3, -0.25) is 4.79 Å². The molecule has 0 aliphatic carbocycles. The van der Waals surface area contributed by atoms with E-state index in [-0.39, 0.29) is 5.91 Å². The summed E-state index contributed by atoms with van der Waals surface area (Å²) in [5.74, 6) is 1.71. The first kappa shape index (κ1) is 17.6. The van der Waals surface area contributed by atoms with E-state index in [1.165, 1.54) is 5.56 Å². The molecule has 1 N–H and O–H groups in total. The number of benzene rings is 1. The second kappa shape index (κ2) is 8.20. The van der Waals surface area contributed by atoms with Gasteiger partial charge < -0.3 is 19.7 Å². The summed E-state index contributed by atoms with van der Waals surface area (Å²) < 4.78 is 10.7. The van der Waals surface area contributed by atoms with E-state index in [4.69, 9.17) is 9.47 Å². The molecule has 1 aromatic carbocycles. The number of carbonyl (C=O) groups is 1. The molecular formula is C18H28N2O3. The minimum Gasteiger partial charge on any atom is -0.493 e. The number of nitrogens with one attached hydrogen (secondary N) is 1. The molecule has 0 unspecified atom stereocenters. The zero-order chi connectivity index (χ0) is 16.8. The molecule has 0 saturated carbocycles. The SMILES string of the molecule is COc1cc2c(cc1OC)CN(C(=O)CCCNC(C)C)CC2. The minimum absolute atomic E-state index is 0.232. The van der Waals surface area contributed by atoms with E-state index in [9.17, 15) is 4.79 Å². The van der Waals surface area contributed by atoms with Crippen LogP contribution in [0.15, 0.2) is 12.1 Å². The average molecular weight is 320 g/mol. The number of nitrogens with zero attached hydrogens (tertiary/aromatic N) is 1. The van der Waals surface area contributed by atoms with Gasteiger partial charge in [-0.25, -0.2) is 0 Å². The summed E-state index contributed by atoms with van der Waals surface area (Å²) in [6.07, 6.45) is 2.35. The summed E-state index contributed by atoms with van der Waals surface area (Å²) in [6, 6.07) is 4.49. The summed E-state index contributed by atoms with van der Waals surface area (Å²) in [7, 11) is 3.28. The van der Waals surface area contributed by atoms with Gasteiger partial charge in [0.05, 0.1) is 14.2 Å². The van der Waals surface area contributed by atoms with Crippen LogP contribution in [-0.2, 0) is 17.8 Å². The van der Waals surface area contributed by atoms with Crippen molar-refractivity contribution < 1.29 is 14.3 Å². The molecule has 5 nitrogen and oxygen atoms in total. The Morgan fingerprint density at radius 2 is 1.87 bits per heavy atom. The van der Waals surface area contributed by atoms with E-state index < -0.39 is 0 Å². The number of hydrogen-bond donors (Lipinski definition) is 1. The summed E-state index contributed by atoms with van der Waals surface area (Å²) in [5, 5.41) is 3.35. The van der Waals surface area contributed by atoms with Gasteiger partial charge in [0, 0.05) is 25.6 Å². The van der Waals surface area contributed by atoms with Crippen molar-refractivity contribution >= 4 is 5.91 Å². The highest BCUT2D eigenvalue weighted by atomic mass is 16.5. The normalized spacial score (nSPS) is 13.9. The summed E-state index contributed by atoms with van der Waals surface area (Å²) in [4.78, 5) is 14.3. The summed E-state index contributed by atoms with van der Waals surface area (Å²) in [6.45, 7) is 6.56. The molecule has 0 fully saturated rings. The smallest absolute Gasteiger partial charge is 0.222 e. The Morgan fingerprint density at radius 3 is 2.48 bits per heavy atom. The van der Waals surface area contributed by atoms with Crippen molar-refractivity contribution in [1.82, 2.24) is 10.2 Å². The van der Waals surface area contributed by atoms with Crippen LogP contribution in [0.5, 0.6) is 11.5 Å². The zero-order valence-corrected chi connectivity index (χ0v) is 14.6. The Balaban J connectivity index is 1.95. The Kier molecular flexibility index (Phi) is 6.28. The van der Waals surface area contributed by atoms with Crippen LogP contribution in [0.1, 0.15) is 37.8 Å². The minimum atomic E-state index is 0.232. The van der Waals surface area contributed by atoms with E-state index >= 15 is 0 Å². The molecule has 1 heterocycles. The number of ether oxygens (including phenoxy) is 2. The van der Waals surface area contributed by atoms with Crippen LogP contribution in [-0.4, -0.2) is 44.2 Å². The van der Waals surface area contributed by atoms with E-state index in [1.54, 1.807) is 14.2 Å². The van der Waals surface area contributed by atoms with E-state index in [0.29, 0.717) is 19.0 Å². The van der Waals surface area contributed by atoms with E-state index in [2.05, 4.69) is 19.2 Å². The molecule has 0 radical (unpaired) electrons. The first-order chi connectivity index (χ1) is 11.0. The van der Waals surface area contributed by atoms with Crippen molar-refractivity contribution in [1.29, 1.82) is 0 Å². The second-order valence-corrected chi connectivity index (χ2v) is 6.25. The number of rotatable bonds is 7. The first-order valence-electron chi connectivity index (χ1n) is 8.30. The first-order valence-corrected chi connectivity index (χ1v) is 8.30. The topological polar surface area (TPSA) is 50.8 Å². The predicted octanol–water partition coefficient (Wildman–Crippen LogP) is 2.37. The van der Waals surface area contributed by atoms with Crippen molar-refractivity contribution in [2.24, 2.45) is 0 Å². The molecule has 1 aliphatic rings. The van der Waals surface area contributed by atoms with E-state index in [0.717, 1.165) is 43.0 Å². The predicted molar refractivity (Wildman–Crippen MR) is 91.0 cm³/mol. The maximum atomic E-state index is 12.4. The van der Waals surface area contributed by atoms with Crippen LogP contribution < -0.4 is 14.8 Å². The third kappa shape index (κ3) is 4.61. The second-order valence-electron chi connectivity index (χ2n) is 6.25. The van der Waals surface area contributed by atoms with Crippen LogP contribution in [0.4, 0.5) is 0 Å². The van der Waals surface area contributed by atoms with Crippen LogP contribution in [0.25, 0.3) is 0 Å². The van der Waals surface area contributed by atoms with Crippen molar-refractivity contribution in [3.63, 3.8) is 0 Å². The lowest BCUT2D eigenvalue weighted by Crippen LogP contribution is -2.36. The van der Waals surface area contributed by atoms with Crippen molar-refractivity contribution in [3.05, 3.63) is 23.3 Å². The highest BCUT2D eigenvalue weighted by molar-refractivity contribution is 5.76. The molecule has 0 saturated heterocycles. The van der Waals surface area contributed by atoms with Gasteiger partial charge in [-0.1, -0.05) is 13.8 Å². The molecule has 5 heteroatoms. The Labute approximate surface area is 139 Å². The molecule has 0 spiro atoms. The van der Waals surface area contributed by atoms with Gasteiger partial charge in [0.2, 0.25) is 5.91 Å². The Hall–Kier alpha value is -1.75.